The maximum absolute atomic E-state index is 4.72. The minimum absolute atomic E-state index is 0.946. The Labute approximate surface area is 279 Å². The van der Waals surface area contributed by atoms with Crippen LogP contribution in [0.3, 0.4) is 0 Å². The molecule has 0 aliphatic rings. The highest BCUT2D eigenvalue weighted by atomic mass is 32.1. The zero-order valence-corrected chi connectivity index (χ0v) is 27.8. The quantitative estimate of drug-likeness (QED) is 0.141. The van der Waals surface area contributed by atoms with Crippen molar-refractivity contribution < 1.29 is 0 Å². The average molecular weight is 631 g/mol. The fraction of sp³-hybridized carbons (Fsp3) is 0.190. The highest BCUT2D eigenvalue weighted by molar-refractivity contribution is 7.00. The van der Waals surface area contributed by atoms with Crippen LogP contribution >= 0.6 is 11.7 Å². The number of aromatic nitrogens is 4. The second-order valence-corrected chi connectivity index (χ2v) is 13.0. The molecule has 8 aromatic rings. The van der Waals surface area contributed by atoms with Crippen molar-refractivity contribution in [1.29, 1.82) is 0 Å². The monoisotopic (exact) mass is 630 g/mol. The molecule has 232 valence electrons. The van der Waals surface area contributed by atoms with E-state index in [2.05, 4.69) is 144 Å². The van der Waals surface area contributed by atoms with Gasteiger partial charge in [-0.3, -0.25) is 0 Å². The number of fused-ring (bicyclic) bond motifs is 7. The third-order valence-corrected chi connectivity index (χ3v) is 9.98. The van der Waals surface area contributed by atoms with Gasteiger partial charge in [0.15, 0.2) is 0 Å². The molecule has 3 aromatic heterocycles. The molecule has 0 N–H and O–H groups in total. The van der Waals surface area contributed by atoms with Crippen molar-refractivity contribution in [3.8, 4) is 0 Å². The first-order chi connectivity index (χ1) is 23.2. The molecule has 0 unspecified atom stereocenters. The van der Waals surface area contributed by atoms with E-state index in [1.807, 2.05) is 0 Å². The van der Waals surface area contributed by atoms with E-state index in [0.717, 1.165) is 35.2 Å². The maximum Gasteiger partial charge on any atom is 0.112 e. The van der Waals surface area contributed by atoms with E-state index in [4.69, 9.17) is 8.75 Å². The Kier molecular flexibility index (Phi) is 7.92. The summed E-state index contributed by atoms with van der Waals surface area (Å²) >= 11 is 1.28. The van der Waals surface area contributed by atoms with Crippen molar-refractivity contribution in [2.24, 2.45) is 0 Å². The average Bonchev–Trinajstić information content (AvgIpc) is 3.81. The summed E-state index contributed by atoms with van der Waals surface area (Å²) in [5.74, 6) is 0. The highest BCUT2D eigenvalue weighted by Crippen LogP contribution is 2.33. The lowest BCUT2D eigenvalue weighted by atomic mass is 10.0. The van der Waals surface area contributed by atoms with Crippen LogP contribution in [0.4, 0.5) is 0 Å². The molecule has 3 heterocycles. The molecule has 4 nitrogen and oxygen atoms in total. The van der Waals surface area contributed by atoms with Crippen LogP contribution in [0.25, 0.3) is 78.9 Å². The van der Waals surface area contributed by atoms with Gasteiger partial charge in [-0.05, 0) is 48.2 Å². The minimum Gasteiger partial charge on any atom is -0.340 e. The van der Waals surface area contributed by atoms with Gasteiger partial charge in [0.1, 0.15) is 11.0 Å². The Balaban J connectivity index is 1.10. The van der Waals surface area contributed by atoms with E-state index >= 15 is 0 Å². The number of unbranched alkanes of at least 4 members (excludes halogenated alkanes) is 2. The molecule has 0 bridgehead atoms. The molecule has 0 radical (unpaired) electrons. The molecule has 5 heteroatoms. The Hall–Kier alpha value is -5.00. The molecule has 5 aromatic carbocycles. The Bertz CT molecular complexity index is 2280. The Morgan fingerprint density at radius 1 is 0.511 bits per heavy atom. The van der Waals surface area contributed by atoms with Crippen molar-refractivity contribution in [2.75, 3.05) is 0 Å². The van der Waals surface area contributed by atoms with Gasteiger partial charge in [0, 0.05) is 67.8 Å². The molecule has 0 atom stereocenters. The molecule has 0 aliphatic heterocycles. The standard InChI is InChI=1S/C42H38N4S/c1-3-5-25-45-37-13-9-7-11-33(37)35-23-17-29(27-39(35)45)15-19-31-21-22-32(42-41(31)43-47-44-42)20-16-30-18-24-36-34-12-8-10-14-38(34)46(26-6-4-2)40(36)28-30/h7-24,27-28H,3-6,25-26H2,1-2H3/b19-15+,20-16+. The summed E-state index contributed by atoms with van der Waals surface area (Å²) in [4.78, 5) is 0. The normalized spacial score (nSPS) is 12.4. The fourth-order valence-electron chi connectivity index (χ4n) is 7.00. The van der Waals surface area contributed by atoms with Gasteiger partial charge >= 0.3 is 0 Å². The summed E-state index contributed by atoms with van der Waals surface area (Å²) in [6, 6.07) is 35.5. The Morgan fingerprint density at radius 2 is 0.957 bits per heavy atom. The largest absolute Gasteiger partial charge is 0.340 e. The molecule has 0 saturated heterocycles. The van der Waals surface area contributed by atoms with Crippen molar-refractivity contribution >= 4 is 90.7 Å². The van der Waals surface area contributed by atoms with Crippen molar-refractivity contribution in [1.82, 2.24) is 17.9 Å². The minimum atomic E-state index is 0.946. The first-order valence-corrected chi connectivity index (χ1v) is 17.6. The molecule has 47 heavy (non-hydrogen) atoms. The van der Waals surface area contributed by atoms with Gasteiger partial charge in [-0.2, -0.15) is 8.75 Å². The van der Waals surface area contributed by atoms with Crippen LogP contribution in [0.15, 0.2) is 97.1 Å². The molecular formula is C42H38N4S. The molecule has 0 fully saturated rings. The summed E-state index contributed by atoms with van der Waals surface area (Å²) in [5.41, 5.74) is 11.7. The third-order valence-electron chi connectivity index (χ3n) is 9.45. The van der Waals surface area contributed by atoms with E-state index in [0.29, 0.717) is 0 Å². The Morgan fingerprint density at radius 3 is 1.43 bits per heavy atom. The van der Waals surface area contributed by atoms with Crippen LogP contribution in [0.1, 0.15) is 61.8 Å². The number of benzene rings is 5. The number of rotatable bonds is 10. The zero-order valence-electron chi connectivity index (χ0n) is 27.0. The number of hydrogen-bond acceptors (Lipinski definition) is 3. The second-order valence-electron chi connectivity index (χ2n) is 12.5. The first-order valence-electron chi connectivity index (χ1n) is 16.9. The molecule has 0 amide bonds. The smallest absolute Gasteiger partial charge is 0.112 e. The SMILES string of the molecule is CCCCn1c2ccccc2c2ccc(/C=C/c3ccc(/C=C/c4ccc5c6ccccc6n(CCCC)c5c4)c4nsnc34)cc21. The number of aryl methyl sites for hydroxylation is 2. The lowest BCUT2D eigenvalue weighted by molar-refractivity contribution is 0.665. The first kappa shape index (κ1) is 29.4. The van der Waals surface area contributed by atoms with Gasteiger partial charge in [0.05, 0.1) is 11.7 Å². The fourth-order valence-corrected chi connectivity index (χ4v) is 7.59. The molecular weight excluding hydrogens is 593 g/mol. The molecule has 0 saturated carbocycles. The highest BCUT2D eigenvalue weighted by Gasteiger charge is 2.12. The maximum atomic E-state index is 4.72. The number of nitrogens with zero attached hydrogens (tertiary/aromatic N) is 4. The summed E-state index contributed by atoms with van der Waals surface area (Å²) in [6.45, 7) is 6.57. The van der Waals surface area contributed by atoms with E-state index in [1.54, 1.807) is 0 Å². The summed E-state index contributed by atoms with van der Waals surface area (Å²) < 4.78 is 14.4. The van der Waals surface area contributed by atoms with Gasteiger partial charge in [0.2, 0.25) is 0 Å². The van der Waals surface area contributed by atoms with Gasteiger partial charge in [0.25, 0.3) is 0 Å². The summed E-state index contributed by atoms with van der Waals surface area (Å²) in [6.07, 6.45) is 13.5. The van der Waals surface area contributed by atoms with Crippen LogP contribution in [-0.4, -0.2) is 17.9 Å². The second kappa shape index (κ2) is 12.7. The zero-order chi connectivity index (χ0) is 31.7. The van der Waals surface area contributed by atoms with Crippen molar-refractivity contribution in [3.05, 3.63) is 119 Å². The van der Waals surface area contributed by atoms with Crippen molar-refractivity contribution in [2.45, 2.75) is 52.6 Å². The predicted octanol–water partition coefficient (Wildman–Crippen LogP) is 11.8. The third kappa shape index (κ3) is 5.35. The van der Waals surface area contributed by atoms with Crippen LogP contribution in [0.2, 0.25) is 0 Å². The molecule has 8 rings (SSSR count). The van der Waals surface area contributed by atoms with E-state index < -0.39 is 0 Å². The number of hydrogen-bond donors (Lipinski definition) is 0. The lowest BCUT2D eigenvalue weighted by Crippen LogP contribution is -1.97. The van der Waals surface area contributed by atoms with Gasteiger partial charge < -0.3 is 9.13 Å². The van der Waals surface area contributed by atoms with E-state index in [9.17, 15) is 0 Å². The summed E-state index contributed by atoms with van der Waals surface area (Å²) in [5, 5.41) is 5.29. The van der Waals surface area contributed by atoms with Crippen LogP contribution in [-0.2, 0) is 13.1 Å². The summed E-state index contributed by atoms with van der Waals surface area (Å²) in [7, 11) is 0. The number of para-hydroxylation sites is 2. The van der Waals surface area contributed by atoms with E-state index in [1.165, 1.54) is 92.2 Å². The molecule has 0 spiro atoms. The van der Waals surface area contributed by atoms with E-state index in [-0.39, 0.29) is 0 Å². The van der Waals surface area contributed by atoms with Crippen LogP contribution in [0, 0.1) is 0 Å². The topological polar surface area (TPSA) is 35.6 Å². The van der Waals surface area contributed by atoms with Gasteiger partial charge in [-0.25, -0.2) is 0 Å². The van der Waals surface area contributed by atoms with Crippen LogP contribution < -0.4 is 0 Å². The molecule has 0 aliphatic carbocycles. The van der Waals surface area contributed by atoms with Gasteiger partial charge in [-0.15, -0.1) is 0 Å². The van der Waals surface area contributed by atoms with Crippen LogP contribution in [0.5, 0.6) is 0 Å². The lowest BCUT2D eigenvalue weighted by Gasteiger charge is -2.07. The van der Waals surface area contributed by atoms with Gasteiger partial charge in [-0.1, -0.05) is 124 Å². The predicted molar refractivity (Wildman–Crippen MR) is 204 cm³/mol. The van der Waals surface area contributed by atoms with Crippen molar-refractivity contribution in [3.63, 3.8) is 0 Å².